The quantitative estimate of drug-likeness (QED) is 0.871. The smallest absolute Gasteiger partial charge is 0.337 e. The van der Waals surface area contributed by atoms with Crippen LogP contribution in [0.2, 0.25) is 10.0 Å². The standard InChI is InChI=1S/C11H13Cl2NO4S/c1-6(2)5-14-19(17,18)9-4-7(12)3-8(10(9)13)11(15)16/h3-4,6,14H,5H2,1-2H3,(H,15,16). The molecule has 0 atom stereocenters. The number of rotatable bonds is 5. The minimum atomic E-state index is -3.89. The summed E-state index contributed by atoms with van der Waals surface area (Å²) in [6, 6.07) is 2.23. The highest BCUT2D eigenvalue weighted by Gasteiger charge is 2.23. The lowest BCUT2D eigenvalue weighted by Gasteiger charge is -2.11. The van der Waals surface area contributed by atoms with Gasteiger partial charge in [-0.1, -0.05) is 37.0 Å². The molecule has 0 bridgehead atoms. The predicted molar refractivity (Wildman–Crippen MR) is 73.4 cm³/mol. The fourth-order valence-corrected chi connectivity index (χ4v) is 3.38. The lowest BCUT2D eigenvalue weighted by Crippen LogP contribution is -2.28. The molecule has 0 aliphatic heterocycles. The zero-order valence-corrected chi connectivity index (χ0v) is 12.6. The molecule has 0 saturated heterocycles. The van der Waals surface area contributed by atoms with E-state index in [0.29, 0.717) is 0 Å². The first-order chi connectivity index (χ1) is 8.65. The third-order valence-electron chi connectivity index (χ3n) is 2.21. The molecule has 0 spiro atoms. The van der Waals surface area contributed by atoms with Crippen LogP contribution in [0.5, 0.6) is 0 Å². The average molecular weight is 326 g/mol. The molecule has 19 heavy (non-hydrogen) atoms. The summed E-state index contributed by atoms with van der Waals surface area (Å²) < 4.78 is 26.4. The first-order valence-electron chi connectivity index (χ1n) is 5.37. The summed E-state index contributed by atoms with van der Waals surface area (Å²) in [4.78, 5) is 10.6. The van der Waals surface area contributed by atoms with E-state index in [2.05, 4.69) is 4.72 Å². The minimum absolute atomic E-state index is 0.00766. The Kier molecular flexibility index (Phi) is 5.20. The highest BCUT2D eigenvalue weighted by Crippen LogP contribution is 2.29. The monoisotopic (exact) mass is 325 g/mol. The molecule has 1 rings (SSSR count). The first-order valence-corrected chi connectivity index (χ1v) is 7.61. The van der Waals surface area contributed by atoms with Gasteiger partial charge in [0.05, 0.1) is 10.6 Å². The number of halogens is 2. The van der Waals surface area contributed by atoms with Crippen LogP contribution in [0.25, 0.3) is 0 Å². The van der Waals surface area contributed by atoms with Crippen molar-refractivity contribution < 1.29 is 18.3 Å². The molecule has 0 aromatic heterocycles. The normalized spacial score (nSPS) is 11.8. The largest absolute Gasteiger partial charge is 0.478 e. The molecule has 1 aromatic carbocycles. The van der Waals surface area contributed by atoms with Crippen molar-refractivity contribution in [2.75, 3.05) is 6.54 Å². The average Bonchev–Trinajstić information content (AvgIpc) is 2.28. The van der Waals surface area contributed by atoms with E-state index in [1.165, 1.54) is 0 Å². The van der Waals surface area contributed by atoms with Crippen LogP contribution in [0.3, 0.4) is 0 Å². The summed E-state index contributed by atoms with van der Waals surface area (Å²) in [5.41, 5.74) is -0.348. The molecule has 0 radical (unpaired) electrons. The van der Waals surface area contributed by atoms with E-state index in [-0.39, 0.29) is 33.0 Å². The third kappa shape index (κ3) is 4.07. The maximum Gasteiger partial charge on any atom is 0.337 e. The Bertz CT molecular complexity index is 599. The molecule has 0 heterocycles. The van der Waals surface area contributed by atoms with Gasteiger partial charge in [0.1, 0.15) is 4.90 Å². The lowest BCUT2D eigenvalue weighted by molar-refractivity contribution is 0.0697. The number of benzene rings is 1. The van der Waals surface area contributed by atoms with Crippen LogP contribution in [0.15, 0.2) is 17.0 Å². The van der Waals surface area contributed by atoms with E-state index in [4.69, 9.17) is 28.3 Å². The molecule has 0 amide bonds. The number of carboxylic acids is 1. The molecule has 8 heteroatoms. The first kappa shape index (κ1) is 16.2. The number of hydrogen-bond donors (Lipinski definition) is 2. The van der Waals surface area contributed by atoms with Crippen molar-refractivity contribution in [3.05, 3.63) is 27.7 Å². The van der Waals surface area contributed by atoms with Crippen LogP contribution >= 0.6 is 23.2 Å². The van der Waals surface area contributed by atoms with E-state index in [9.17, 15) is 13.2 Å². The minimum Gasteiger partial charge on any atom is -0.478 e. The molecule has 0 fully saturated rings. The lowest BCUT2D eigenvalue weighted by atomic mass is 10.2. The number of nitrogens with one attached hydrogen (secondary N) is 1. The van der Waals surface area contributed by atoms with Gasteiger partial charge in [0.25, 0.3) is 0 Å². The predicted octanol–water partition coefficient (Wildman–Crippen LogP) is 2.63. The van der Waals surface area contributed by atoms with Crippen LogP contribution in [-0.4, -0.2) is 26.0 Å². The molecule has 0 unspecified atom stereocenters. The molecule has 0 aliphatic rings. The molecule has 0 aliphatic carbocycles. The summed E-state index contributed by atoms with van der Waals surface area (Å²) >= 11 is 11.5. The summed E-state index contributed by atoms with van der Waals surface area (Å²) in [6.45, 7) is 3.89. The Morgan fingerprint density at radius 2 is 1.95 bits per heavy atom. The fraction of sp³-hybridized carbons (Fsp3) is 0.364. The van der Waals surface area contributed by atoms with Gasteiger partial charge in [-0.2, -0.15) is 0 Å². The van der Waals surface area contributed by atoms with Crippen molar-refractivity contribution in [3.63, 3.8) is 0 Å². The van der Waals surface area contributed by atoms with Crippen LogP contribution in [0.4, 0.5) is 0 Å². The van der Waals surface area contributed by atoms with Crippen molar-refractivity contribution in [2.45, 2.75) is 18.7 Å². The molecule has 5 nitrogen and oxygen atoms in total. The second-order valence-electron chi connectivity index (χ2n) is 4.32. The molecule has 2 N–H and O–H groups in total. The number of hydrogen-bond acceptors (Lipinski definition) is 3. The Hall–Kier alpha value is -0.820. The second-order valence-corrected chi connectivity index (χ2v) is 6.87. The Morgan fingerprint density at radius 3 is 2.42 bits per heavy atom. The maximum atomic E-state index is 12.0. The molecular formula is C11H13Cl2NO4S. The van der Waals surface area contributed by atoms with Crippen LogP contribution < -0.4 is 4.72 Å². The van der Waals surface area contributed by atoms with Crippen molar-refractivity contribution in [3.8, 4) is 0 Å². The van der Waals surface area contributed by atoms with Gasteiger partial charge in [0.2, 0.25) is 10.0 Å². The van der Waals surface area contributed by atoms with E-state index >= 15 is 0 Å². The number of carboxylic acid groups (broad SMARTS) is 1. The van der Waals surface area contributed by atoms with Crippen molar-refractivity contribution in [1.29, 1.82) is 0 Å². The SMILES string of the molecule is CC(C)CNS(=O)(=O)c1cc(Cl)cc(C(=O)O)c1Cl. The van der Waals surface area contributed by atoms with Crippen LogP contribution in [0, 0.1) is 5.92 Å². The zero-order valence-electron chi connectivity index (χ0n) is 10.3. The summed E-state index contributed by atoms with van der Waals surface area (Å²) in [5, 5.41) is 8.58. The fourth-order valence-electron chi connectivity index (χ4n) is 1.27. The highest BCUT2D eigenvalue weighted by molar-refractivity contribution is 7.89. The Labute approximate surface area is 121 Å². The Balaban J connectivity index is 3.31. The van der Waals surface area contributed by atoms with E-state index in [1.807, 2.05) is 13.8 Å². The van der Waals surface area contributed by atoms with Gasteiger partial charge in [-0.05, 0) is 18.1 Å². The summed E-state index contributed by atoms with van der Waals surface area (Å²) in [5.74, 6) is -1.24. The molecule has 106 valence electrons. The maximum absolute atomic E-state index is 12.0. The number of aromatic carboxylic acids is 1. The van der Waals surface area contributed by atoms with E-state index < -0.39 is 16.0 Å². The van der Waals surface area contributed by atoms with Crippen molar-refractivity contribution in [1.82, 2.24) is 4.72 Å². The van der Waals surface area contributed by atoms with Crippen LogP contribution in [-0.2, 0) is 10.0 Å². The zero-order chi connectivity index (χ0) is 14.8. The van der Waals surface area contributed by atoms with Crippen molar-refractivity contribution in [2.24, 2.45) is 5.92 Å². The third-order valence-corrected chi connectivity index (χ3v) is 4.39. The summed E-state index contributed by atoms with van der Waals surface area (Å²) in [6.07, 6.45) is 0. The molecule has 1 aromatic rings. The number of sulfonamides is 1. The molecule has 0 saturated carbocycles. The van der Waals surface area contributed by atoms with Gasteiger partial charge in [0.15, 0.2) is 0 Å². The van der Waals surface area contributed by atoms with Gasteiger partial charge < -0.3 is 5.11 Å². The van der Waals surface area contributed by atoms with Gasteiger partial charge in [0, 0.05) is 11.6 Å². The topological polar surface area (TPSA) is 83.5 Å². The van der Waals surface area contributed by atoms with Gasteiger partial charge in [-0.3, -0.25) is 0 Å². The van der Waals surface area contributed by atoms with E-state index in [1.54, 1.807) is 0 Å². The van der Waals surface area contributed by atoms with Crippen LogP contribution in [0.1, 0.15) is 24.2 Å². The second kappa shape index (κ2) is 6.09. The highest BCUT2D eigenvalue weighted by atomic mass is 35.5. The summed E-state index contributed by atoms with van der Waals surface area (Å²) in [7, 11) is -3.89. The Morgan fingerprint density at radius 1 is 1.37 bits per heavy atom. The van der Waals surface area contributed by atoms with Gasteiger partial charge in [-0.15, -0.1) is 0 Å². The van der Waals surface area contributed by atoms with Gasteiger partial charge in [-0.25, -0.2) is 17.9 Å². The molecular weight excluding hydrogens is 313 g/mol. The van der Waals surface area contributed by atoms with Crippen molar-refractivity contribution >= 4 is 39.2 Å². The van der Waals surface area contributed by atoms with Gasteiger partial charge >= 0.3 is 5.97 Å². The van der Waals surface area contributed by atoms with E-state index in [0.717, 1.165) is 12.1 Å². The number of carbonyl (C=O) groups is 1.